The summed E-state index contributed by atoms with van der Waals surface area (Å²) in [5.41, 5.74) is 0. The number of hydrogen-bond donors (Lipinski definition) is 7. The normalized spacial score (nSPS) is 11.9. The molecule has 0 fully saturated rings. The van der Waals surface area contributed by atoms with Gasteiger partial charge in [0.25, 0.3) is 0 Å². The average Bonchev–Trinajstić information content (AvgIpc) is 3.16. The number of carboxylic acid groups (broad SMARTS) is 3. The number of hydrogen-bond acceptors (Lipinski definition) is 12. The number of rotatable bonds is 41. The molecule has 0 aromatic carbocycles. The van der Waals surface area contributed by atoms with E-state index in [1.807, 2.05) is 0 Å². The molecule has 7 N–H and O–H groups in total. The van der Waals surface area contributed by atoms with Crippen LogP contribution in [0.25, 0.3) is 0 Å². The second kappa shape index (κ2) is 37.4. The molecule has 0 unspecified atom stereocenters. The van der Waals surface area contributed by atoms with Gasteiger partial charge in [-0.3, -0.25) is 24.0 Å². The van der Waals surface area contributed by atoms with Crippen LogP contribution in [0.2, 0.25) is 0 Å². The predicted molar refractivity (Wildman–Crippen MR) is 205 cm³/mol. The van der Waals surface area contributed by atoms with Crippen molar-refractivity contribution in [3.8, 4) is 0 Å². The number of carbonyl (C=O) groups excluding carboxylic acids is 5. The third-order valence-corrected chi connectivity index (χ3v) is 8.43. The molecule has 57 heavy (non-hydrogen) atoms. The Morgan fingerprint density at radius 2 is 0.860 bits per heavy atom. The van der Waals surface area contributed by atoms with Crippen LogP contribution in [-0.2, 0) is 57.3 Å². The monoisotopic (exact) mass is 818 g/mol. The van der Waals surface area contributed by atoms with Gasteiger partial charge in [-0.2, -0.15) is 0 Å². The number of carbonyl (C=O) groups is 8. The van der Waals surface area contributed by atoms with E-state index in [2.05, 4.69) is 21.3 Å². The van der Waals surface area contributed by atoms with Crippen molar-refractivity contribution in [1.82, 2.24) is 21.3 Å². The SMILES string of the molecule is O=CCOCCOCCNC(=O)COCCOCCNC(=O)CC[C@H](NC(=O)CC[C@H](NC(=O)CCCCCCCCCCCCCCC(=O)O)C(=O)O)C(=O)O. The number of aldehydes is 1. The van der Waals surface area contributed by atoms with Crippen molar-refractivity contribution in [3.63, 3.8) is 0 Å². The van der Waals surface area contributed by atoms with Crippen molar-refractivity contribution in [3.05, 3.63) is 0 Å². The molecule has 0 bridgehead atoms. The van der Waals surface area contributed by atoms with Crippen LogP contribution >= 0.6 is 0 Å². The van der Waals surface area contributed by atoms with Gasteiger partial charge in [-0.05, 0) is 25.7 Å². The molecule has 0 aromatic heterocycles. The van der Waals surface area contributed by atoms with E-state index in [9.17, 15) is 48.6 Å². The lowest BCUT2D eigenvalue weighted by atomic mass is 10.0. The highest BCUT2D eigenvalue weighted by atomic mass is 16.5. The zero-order valence-corrected chi connectivity index (χ0v) is 33.3. The van der Waals surface area contributed by atoms with Crippen molar-refractivity contribution in [2.24, 2.45) is 0 Å². The van der Waals surface area contributed by atoms with Crippen LogP contribution in [0.4, 0.5) is 0 Å². The van der Waals surface area contributed by atoms with Gasteiger partial charge < -0.3 is 60.3 Å². The lowest BCUT2D eigenvalue weighted by molar-refractivity contribution is -0.143. The first-order chi connectivity index (χ1) is 27.5. The summed E-state index contributed by atoms with van der Waals surface area (Å²) >= 11 is 0. The van der Waals surface area contributed by atoms with Crippen molar-refractivity contribution < 1.29 is 72.6 Å². The first kappa shape index (κ1) is 52.8. The Hall–Kier alpha value is -4.20. The lowest BCUT2D eigenvalue weighted by Crippen LogP contribution is -2.44. The molecule has 0 rings (SSSR count). The number of aliphatic carboxylic acids is 3. The van der Waals surface area contributed by atoms with E-state index < -0.39 is 47.7 Å². The molecular formula is C38H66N4O15. The Kier molecular flexibility index (Phi) is 34.6. The average molecular weight is 819 g/mol. The molecule has 4 amide bonds. The zero-order valence-electron chi connectivity index (χ0n) is 33.3. The number of carboxylic acids is 3. The van der Waals surface area contributed by atoms with Gasteiger partial charge in [0, 0.05) is 38.8 Å². The van der Waals surface area contributed by atoms with Crippen molar-refractivity contribution in [2.45, 2.75) is 128 Å². The largest absolute Gasteiger partial charge is 0.481 e. The van der Waals surface area contributed by atoms with Gasteiger partial charge in [0.2, 0.25) is 23.6 Å². The number of nitrogens with one attached hydrogen (secondary N) is 4. The molecule has 0 spiro atoms. The maximum Gasteiger partial charge on any atom is 0.326 e. The molecule has 0 heterocycles. The first-order valence-electron chi connectivity index (χ1n) is 20.0. The molecule has 2 atom stereocenters. The van der Waals surface area contributed by atoms with Crippen LogP contribution in [0.5, 0.6) is 0 Å². The molecule has 0 aliphatic rings. The minimum atomic E-state index is -1.38. The van der Waals surface area contributed by atoms with Gasteiger partial charge in [0.1, 0.15) is 31.6 Å². The summed E-state index contributed by atoms with van der Waals surface area (Å²) in [5, 5.41) is 37.6. The topological polar surface area (TPSA) is 282 Å². The van der Waals surface area contributed by atoms with Gasteiger partial charge in [0.15, 0.2) is 0 Å². The lowest BCUT2D eigenvalue weighted by Gasteiger charge is -2.17. The summed E-state index contributed by atoms with van der Waals surface area (Å²) in [6, 6.07) is -2.69. The molecule has 0 aliphatic heterocycles. The highest BCUT2D eigenvalue weighted by molar-refractivity contribution is 5.86. The first-order valence-corrected chi connectivity index (χ1v) is 20.0. The molecule has 328 valence electrons. The summed E-state index contributed by atoms with van der Waals surface area (Å²) in [4.78, 5) is 92.7. The van der Waals surface area contributed by atoms with E-state index in [-0.39, 0.29) is 104 Å². The van der Waals surface area contributed by atoms with Crippen LogP contribution in [0.15, 0.2) is 0 Å². The molecule has 19 heteroatoms. The molecular weight excluding hydrogens is 752 g/mol. The number of unbranched alkanes of at least 4 members (excludes halogenated alkanes) is 11. The maximum absolute atomic E-state index is 12.4. The van der Waals surface area contributed by atoms with E-state index >= 15 is 0 Å². The van der Waals surface area contributed by atoms with E-state index in [4.69, 9.17) is 24.1 Å². The Morgan fingerprint density at radius 3 is 1.33 bits per heavy atom. The highest BCUT2D eigenvalue weighted by Crippen LogP contribution is 2.13. The fraction of sp³-hybridized carbons (Fsp3) is 0.789. The Balaban J connectivity index is 4.02. The van der Waals surface area contributed by atoms with Gasteiger partial charge >= 0.3 is 17.9 Å². The molecule has 19 nitrogen and oxygen atoms in total. The fourth-order valence-corrected chi connectivity index (χ4v) is 5.33. The van der Waals surface area contributed by atoms with Crippen LogP contribution in [-0.4, -0.2) is 141 Å². The summed E-state index contributed by atoms with van der Waals surface area (Å²) in [5.74, 6) is -5.37. The highest BCUT2D eigenvalue weighted by Gasteiger charge is 2.24. The summed E-state index contributed by atoms with van der Waals surface area (Å²) in [6.45, 7) is 1.55. The van der Waals surface area contributed by atoms with E-state index in [0.717, 1.165) is 70.6 Å². The van der Waals surface area contributed by atoms with E-state index in [1.165, 1.54) is 0 Å². The van der Waals surface area contributed by atoms with Crippen LogP contribution in [0.3, 0.4) is 0 Å². The molecule has 0 aromatic rings. The Morgan fingerprint density at radius 1 is 0.456 bits per heavy atom. The summed E-state index contributed by atoms with van der Waals surface area (Å²) in [6.07, 6.45) is 11.9. The van der Waals surface area contributed by atoms with Gasteiger partial charge in [-0.15, -0.1) is 0 Å². The zero-order chi connectivity index (χ0) is 42.4. The second-order valence-corrected chi connectivity index (χ2v) is 13.3. The fourth-order valence-electron chi connectivity index (χ4n) is 5.33. The molecule has 0 aliphatic carbocycles. The van der Waals surface area contributed by atoms with Crippen LogP contribution in [0, 0.1) is 0 Å². The Bertz CT molecular complexity index is 1160. The smallest absolute Gasteiger partial charge is 0.326 e. The minimum absolute atomic E-state index is 0.00835. The Labute approximate surface area is 335 Å². The van der Waals surface area contributed by atoms with E-state index in [1.54, 1.807) is 0 Å². The van der Waals surface area contributed by atoms with Crippen molar-refractivity contribution in [2.75, 3.05) is 65.9 Å². The standard InChI is InChI=1S/C38H66N4O15/c43-21-24-56-26-25-54-23-20-40-35(47)29-57-28-27-55-22-19-39-32(44)17-15-30(37(50)51)42-34(46)18-16-31(38(52)53)41-33(45)13-11-9-7-5-3-1-2-4-6-8-10-12-14-36(48)49/h21,30-31H,1-20,22-29H2,(H,39,44)(H,40,47)(H,41,45)(H,42,46)(H,48,49)(H,50,51)(H,52,53)/t30-,31-/m0/s1. The van der Waals surface area contributed by atoms with Crippen molar-refractivity contribution in [1.29, 1.82) is 0 Å². The van der Waals surface area contributed by atoms with Gasteiger partial charge in [-0.25, -0.2) is 9.59 Å². The van der Waals surface area contributed by atoms with Crippen LogP contribution in [0.1, 0.15) is 116 Å². The van der Waals surface area contributed by atoms with E-state index in [0.29, 0.717) is 19.3 Å². The second-order valence-electron chi connectivity index (χ2n) is 13.3. The van der Waals surface area contributed by atoms with Crippen LogP contribution < -0.4 is 21.3 Å². The van der Waals surface area contributed by atoms with Gasteiger partial charge in [-0.1, -0.05) is 64.2 Å². The predicted octanol–water partition coefficient (Wildman–Crippen LogP) is 1.73. The summed E-state index contributed by atoms with van der Waals surface area (Å²) in [7, 11) is 0. The minimum Gasteiger partial charge on any atom is -0.481 e. The van der Waals surface area contributed by atoms with Crippen molar-refractivity contribution >= 4 is 47.8 Å². The molecule has 0 radical (unpaired) electrons. The third-order valence-electron chi connectivity index (χ3n) is 8.43. The third kappa shape index (κ3) is 35.9. The molecule has 0 saturated heterocycles. The molecule has 0 saturated carbocycles. The van der Waals surface area contributed by atoms with Gasteiger partial charge in [0.05, 0.1) is 39.6 Å². The number of ether oxygens (including phenoxy) is 4. The summed E-state index contributed by atoms with van der Waals surface area (Å²) < 4.78 is 20.7. The maximum atomic E-state index is 12.4. The quantitative estimate of drug-likeness (QED) is 0.0342. The number of amides is 4.